The van der Waals surface area contributed by atoms with Crippen molar-refractivity contribution in [2.75, 3.05) is 19.7 Å². The lowest BCUT2D eigenvalue weighted by Crippen LogP contribution is -2.70. The predicted molar refractivity (Wildman–Crippen MR) is 96.8 cm³/mol. The topological polar surface area (TPSA) is 32.7 Å². The lowest BCUT2D eigenvalue weighted by Gasteiger charge is -2.70. The fourth-order valence-corrected chi connectivity index (χ4v) is 9.34. The minimum atomic E-state index is -0.235. The van der Waals surface area contributed by atoms with Gasteiger partial charge in [-0.05, 0) is 73.7 Å². The summed E-state index contributed by atoms with van der Waals surface area (Å²) in [5.74, 6) is 2.09. The van der Waals surface area contributed by atoms with E-state index in [1.807, 2.05) is 0 Å². The van der Waals surface area contributed by atoms with Gasteiger partial charge in [0.25, 0.3) is 0 Å². The molecule has 138 valence electrons. The molecule has 1 spiro atoms. The highest BCUT2D eigenvalue weighted by molar-refractivity contribution is 5.28. The van der Waals surface area contributed by atoms with E-state index in [2.05, 4.69) is 18.4 Å². The number of aliphatic hydroxyl groups excluding tert-OH is 1. The van der Waals surface area contributed by atoms with Crippen molar-refractivity contribution >= 4 is 0 Å². The Morgan fingerprint density at radius 1 is 1.12 bits per heavy atom. The van der Waals surface area contributed by atoms with Crippen LogP contribution in [0, 0.1) is 34.0 Å². The Bertz CT molecular complexity index is 634. The van der Waals surface area contributed by atoms with Gasteiger partial charge >= 0.3 is 0 Å². The second-order valence-corrected chi connectivity index (χ2v) is 10.6. The number of piperidine rings is 1. The fourth-order valence-electron chi connectivity index (χ4n) is 9.34. The van der Waals surface area contributed by atoms with Crippen LogP contribution in [0.25, 0.3) is 0 Å². The Morgan fingerprint density at radius 3 is 2.88 bits per heavy atom. The van der Waals surface area contributed by atoms with Crippen LogP contribution in [0.4, 0.5) is 0 Å². The smallest absolute Gasteiger partial charge is 0.116 e. The predicted octanol–water partition coefficient (Wildman–Crippen LogP) is 3.58. The summed E-state index contributed by atoms with van der Waals surface area (Å²) in [6.07, 6.45) is 10.5. The third kappa shape index (κ3) is 1.62. The largest absolute Gasteiger partial charge is 0.388 e. The zero-order chi connectivity index (χ0) is 17.0. The molecule has 4 bridgehead atoms. The van der Waals surface area contributed by atoms with Gasteiger partial charge < -0.3 is 9.84 Å². The van der Waals surface area contributed by atoms with Crippen molar-refractivity contribution in [3.8, 4) is 0 Å². The number of aliphatic hydroxyl groups is 1. The van der Waals surface area contributed by atoms with Crippen LogP contribution in [0.5, 0.6) is 0 Å². The standard InChI is InChI=1S/C22H33NO2/c1-14-15-4-5-17-21(12-15,18(14)24)9-6-16-20(2)7-3-8-22(16,17)13-23-10-11-25-19(20)23/h15-19,24H,1,3-13H2,2H3/t15-,16+,17+,18+,19+,20-,21?,22?/m0/s1. The van der Waals surface area contributed by atoms with Gasteiger partial charge in [0, 0.05) is 23.9 Å². The summed E-state index contributed by atoms with van der Waals surface area (Å²) in [5, 5.41) is 11.3. The quantitative estimate of drug-likeness (QED) is 0.683. The Kier molecular flexibility index (Phi) is 2.95. The highest BCUT2D eigenvalue weighted by Gasteiger charge is 2.71. The van der Waals surface area contributed by atoms with E-state index < -0.39 is 0 Å². The van der Waals surface area contributed by atoms with Crippen molar-refractivity contribution in [2.24, 2.45) is 34.0 Å². The van der Waals surface area contributed by atoms with E-state index in [0.29, 0.717) is 28.9 Å². The van der Waals surface area contributed by atoms with Crippen LogP contribution in [0.15, 0.2) is 12.2 Å². The minimum Gasteiger partial charge on any atom is -0.388 e. The molecule has 2 aliphatic heterocycles. The van der Waals surface area contributed by atoms with Gasteiger partial charge in [-0.2, -0.15) is 0 Å². The van der Waals surface area contributed by atoms with Gasteiger partial charge in [-0.25, -0.2) is 0 Å². The molecule has 2 unspecified atom stereocenters. The number of hydrogen-bond acceptors (Lipinski definition) is 3. The Hall–Kier alpha value is -0.380. The molecule has 2 heterocycles. The molecule has 2 saturated heterocycles. The number of hydrogen-bond donors (Lipinski definition) is 1. The summed E-state index contributed by atoms with van der Waals surface area (Å²) in [6.45, 7) is 10.1. The molecule has 1 N–H and O–H groups in total. The second-order valence-electron chi connectivity index (χ2n) is 10.6. The van der Waals surface area contributed by atoms with E-state index in [-0.39, 0.29) is 11.5 Å². The highest BCUT2D eigenvalue weighted by atomic mass is 16.5. The van der Waals surface area contributed by atoms with Gasteiger partial charge in [-0.15, -0.1) is 0 Å². The maximum Gasteiger partial charge on any atom is 0.116 e. The minimum absolute atomic E-state index is 0.155. The van der Waals surface area contributed by atoms with E-state index in [1.54, 1.807) is 0 Å². The van der Waals surface area contributed by atoms with Crippen LogP contribution in [0.3, 0.4) is 0 Å². The number of fused-ring (bicyclic) bond motifs is 3. The molecule has 4 saturated carbocycles. The molecule has 25 heavy (non-hydrogen) atoms. The molecule has 6 aliphatic rings. The summed E-state index contributed by atoms with van der Waals surface area (Å²) in [7, 11) is 0. The van der Waals surface area contributed by atoms with Crippen LogP contribution < -0.4 is 0 Å². The highest BCUT2D eigenvalue weighted by Crippen LogP contribution is 2.74. The normalized spacial score (nSPS) is 60.1. The maximum absolute atomic E-state index is 11.3. The molecule has 0 aromatic rings. The number of nitrogens with zero attached hydrogens (tertiary/aromatic N) is 1. The van der Waals surface area contributed by atoms with E-state index in [4.69, 9.17) is 4.74 Å². The Balaban J connectivity index is 1.49. The summed E-state index contributed by atoms with van der Waals surface area (Å²) in [5.41, 5.74) is 2.08. The SMILES string of the molecule is C=C1[C@H]2CC[C@@H]3C(CC[C@H]4C35CCC[C@]4(C)[C@H]3OCCN3C5)(C2)[C@@H]1O. The van der Waals surface area contributed by atoms with Gasteiger partial charge in [0.05, 0.1) is 12.7 Å². The van der Waals surface area contributed by atoms with Crippen LogP contribution in [-0.4, -0.2) is 42.0 Å². The molecular formula is C22H33NO2. The van der Waals surface area contributed by atoms with E-state index in [0.717, 1.165) is 19.1 Å². The first kappa shape index (κ1) is 15.7. The first-order valence-electron chi connectivity index (χ1n) is 10.7. The molecule has 6 fully saturated rings. The Labute approximate surface area is 151 Å². The second kappa shape index (κ2) is 4.72. The molecule has 3 heteroatoms. The molecule has 0 amide bonds. The van der Waals surface area contributed by atoms with Gasteiger partial charge in [-0.3, -0.25) is 4.90 Å². The lowest BCUT2D eigenvalue weighted by atomic mass is 9.38. The molecular weight excluding hydrogens is 310 g/mol. The van der Waals surface area contributed by atoms with Gasteiger partial charge in [0.2, 0.25) is 0 Å². The molecule has 3 nitrogen and oxygen atoms in total. The third-order valence-corrected chi connectivity index (χ3v) is 10.0. The monoisotopic (exact) mass is 343 g/mol. The molecule has 8 atom stereocenters. The maximum atomic E-state index is 11.3. The number of rotatable bonds is 0. The lowest BCUT2D eigenvalue weighted by molar-refractivity contribution is -0.259. The molecule has 0 aromatic carbocycles. The van der Waals surface area contributed by atoms with Crippen molar-refractivity contribution < 1.29 is 9.84 Å². The van der Waals surface area contributed by atoms with Crippen LogP contribution in [0.2, 0.25) is 0 Å². The van der Waals surface area contributed by atoms with Crippen LogP contribution >= 0.6 is 0 Å². The van der Waals surface area contributed by atoms with Crippen LogP contribution in [-0.2, 0) is 4.74 Å². The Morgan fingerprint density at radius 2 is 2.00 bits per heavy atom. The van der Waals surface area contributed by atoms with E-state index in [1.165, 1.54) is 63.5 Å². The molecule has 0 aromatic heterocycles. The fraction of sp³-hybridized carbons (Fsp3) is 0.909. The summed E-state index contributed by atoms with van der Waals surface area (Å²) >= 11 is 0. The first-order valence-corrected chi connectivity index (χ1v) is 10.7. The van der Waals surface area contributed by atoms with Crippen molar-refractivity contribution in [2.45, 2.75) is 70.6 Å². The van der Waals surface area contributed by atoms with Crippen LogP contribution in [0.1, 0.15) is 58.3 Å². The molecule has 6 rings (SSSR count). The van der Waals surface area contributed by atoms with Gasteiger partial charge in [0.1, 0.15) is 6.23 Å². The summed E-state index contributed by atoms with van der Waals surface area (Å²) in [6, 6.07) is 0. The van der Waals surface area contributed by atoms with E-state index in [9.17, 15) is 5.11 Å². The number of ether oxygens (including phenoxy) is 1. The summed E-state index contributed by atoms with van der Waals surface area (Å²) in [4.78, 5) is 2.69. The zero-order valence-corrected chi connectivity index (χ0v) is 15.7. The first-order chi connectivity index (χ1) is 12.0. The van der Waals surface area contributed by atoms with Gasteiger partial charge in [-0.1, -0.05) is 19.9 Å². The van der Waals surface area contributed by atoms with Crippen molar-refractivity contribution in [1.82, 2.24) is 4.90 Å². The molecule has 0 radical (unpaired) electrons. The van der Waals surface area contributed by atoms with Gasteiger partial charge in [0.15, 0.2) is 0 Å². The van der Waals surface area contributed by atoms with E-state index >= 15 is 0 Å². The average molecular weight is 344 g/mol. The zero-order valence-electron chi connectivity index (χ0n) is 15.7. The molecule has 4 aliphatic carbocycles. The third-order valence-electron chi connectivity index (χ3n) is 10.0. The average Bonchev–Trinajstić information content (AvgIpc) is 3.13. The van der Waals surface area contributed by atoms with Crippen molar-refractivity contribution in [3.05, 3.63) is 12.2 Å². The summed E-state index contributed by atoms with van der Waals surface area (Å²) < 4.78 is 6.29. The van der Waals surface area contributed by atoms with Crippen molar-refractivity contribution in [3.63, 3.8) is 0 Å². The van der Waals surface area contributed by atoms with Crippen molar-refractivity contribution in [1.29, 1.82) is 0 Å².